The number of nitrogens with zero attached hydrogens (tertiary/aromatic N) is 2. The number of sulfonamides is 1. The minimum absolute atomic E-state index is 0.00955. The third kappa shape index (κ3) is 3.89. The monoisotopic (exact) mass is 424 g/mol. The van der Waals surface area contributed by atoms with E-state index in [2.05, 4.69) is 0 Å². The number of carbonyl (C=O) groups is 1. The van der Waals surface area contributed by atoms with Crippen molar-refractivity contribution in [3.63, 3.8) is 0 Å². The molecule has 0 saturated carbocycles. The average Bonchev–Trinajstić information content (AvgIpc) is 3.11. The highest BCUT2D eigenvalue weighted by atomic mass is 32.2. The van der Waals surface area contributed by atoms with E-state index in [0.29, 0.717) is 11.1 Å². The second-order valence-corrected chi connectivity index (χ2v) is 10.4. The number of carboxylic acids is 1. The maximum Gasteiger partial charge on any atom is 0.333 e. The van der Waals surface area contributed by atoms with E-state index in [0.717, 1.165) is 5.56 Å². The van der Waals surface area contributed by atoms with Crippen LogP contribution < -0.4 is 0 Å². The molecule has 30 heavy (non-hydrogen) atoms. The van der Waals surface area contributed by atoms with Crippen molar-refractivity contribution in [2.24, 2.45) is 5.41 Å². The predicted molar refractivity (Wildman–Crippen MR) is 113 cm³/mol. The highest BCUT2D eigenvalue weighted by Gasteiger charge is 2.49. The van der Waals surface area contributed by atoms with E-state index in [-0.39, 0.29) is 10.5 Å². The Balaban J connectivity index is 2.23. The molecule has 0 bridgehead atoms. The van der Waals surface area contributed by atoms with E-state index in [1.54, 1.807) is 48.5 Å². The number of hydrogen-bond donors (Lipinski definition) is 1. The minimum Gasteiger partial charge on any atom is -0.478 e. The topological polar surface area (TPSA) is 98.5 Å². The molecule has 0 spiro atoms. The van der Waals surface area contributed by atoms with Crippen LogP contribution >= 0.6 is 0 Å². The summed E-state index contributed by atoms with van der Waals surface area (Å²) in [5, 5.41) is 19.0. The first-order chi connectivity index (χ1) is 14.0. The second-order valence-electron chi connectivity index (χ2n) is 8.52. The molecule has 1 aliphatic heterocycles. The predicted octanol–water partition coefficient (Wildman–Crippen LogP) is 4.04. The van der Waals surface area contributed by atoms with Gasteiger partial charge in [0.25, 0.3) is 0 Å². The van der Waals surface area contributed by atoms with Crippen LogP contribution in [0.4, 0.5) is 0 Å². The third-order valence-electron chi connectivity index (χ3n) is 5.25. The zero-order chi connectivity index (χ0) is 22.3. The summed E-state index contributed by atoms with van der Waals surface area (Å²) in [6.07, 6.45) is 1.54. The fourth-order valence-electron chi connectivity index (χ4n) is 3.64. The second kappa shape index (κ2) is 7.71. The molecule has 2 atom stereocenters. The largest absolute Gasteiger partial charge is 0.478 e. The van der Waals surface area contributed by atoms with Gasteiger partial charge >= 0.3 is 5.97 Å². The number of aryl methyl sites for hydroxylation is 1. The Morgan fingerprint density at radius 2 is 1.63 bits per heavy atom. The smallest absolute Gasteiger partial charge is 0.333 e. The molecule has 0 saturated heterocycles. The molecular weight excluding hydrogens is 400 g/mol. The van der Waals surface area contributed by atoms with Gasteiger partial charge in [-0.25, -0.2) is 13.2 Å². The Hall–Kier alpha value is -2.95. The standard InChI is InChI=1S/C23H24N2O4S/c1-15-5-11-18(12-6-15)30(28,29)25-20(23(2,3)4)13-19(22(26)27)21(25)17-9-7-16(14-24)8-10-17/h5-13,20-21H,1-4H3,(H,26,27)/t20-,21-/m0/s1. The first-order valence-corrected chi connectivity index (χ1v) is 11.0. The van der Waals surface area contributed by atoms with Gasteiger partial charge in [0.1, 0.15) is 0 Å². The van der Waals surface area contributed by atoms with Crippen LogP contribution in [0.15, 0.2) is 65.1 Å². The van der Waals surface area contributed by atoms with E-state index in [9.17, 15) is 18.3 Å². The highest BCUT2D eigenvalue weighted by molar-refractivity contribution is 7.89. The summed E-state index contributed by atoms with van der Waals surface area (Å²) in [5.41, 5.74) is 1.31. The van der Waals surface area contributed by atoms with Crippen molar-refractivity contribution >= 4 is 16.0 Å². The lowest BCUT2D eigenvalue weighted by atomic mass is 9.87. The van der Waals surface area contributed by atoms with Crippen molar-refractivity contribution in [1.82, 2.24) is 4.31 Å². The van der Waals surface area contributed by atoms with Crippen LogP contribution in [0.3, 0.4) is 0 Å². The van der Waals surface area contributed by atoms with Crippen molar-refractivity contribution in [1.29, 1.82) is 5.26 Å². The quantitative estimate of drug-likeness (QED) is 0.799. The number of nitriles is 1. The molecule has 0 aliphatic carbocycles. The minimum atomic E-state index is -4.01. The van der Waals surface area contributed by atoms with Crippen molar-refractivity contribution in [2.75, 3.05) is 0 Å². The number of rotatable bonds is 4. The summed E-state index contributed by atoms with van der Waals surface area (Å²) in [6, 6.07) is 13.2. The number of hydrogen-bond acceptors (Lipinski definition) is 4. The van der Waals surface area contributed by atoms with Gasteiger partial charge in [-0.1, -0.05) is 56.7 Å². The Labute approximate surface area is 177 Å². The molecule has 2 aromatic carbocycles. The summed E-state index contributed by atoms with van der Waals surface area (Å²) in [6.45, 7) is 7.51. The molecule has 2 aromatic rings. The molecular formula is C23H24N2O4S. The fraction of sp³-hybridized carbons (Fsp3) is 0.304. The Kier molecular flexibility index (Phi) is 5.59. The normalized spacial score (nSPS) is 19.9. The molecule has 6 nitrogen and oxygen atoms in total. The Morgan fingerprint density at radius 1 is 1.07 bits per heavy atom. The van der Waals surface area contributed by atoms with Crippen LogP contribution in [-0.2, 0) is 14.8 Å². The zero-order valence-electron chi connectivity index (χ0n) is 17.3. The van der Waals surface area contributed by atoms with E-state index in [4.69, 9.17) is 5.26 Å². The van der Waals surface area contributed by atoms with Gasteiger partial charge in [-0.05, 0) is 42.2 Å². The van der Waals surface area contributed by atoms with Crippen molar-refractivity contribution in [3.8, 4) is 6.07 Å². The lowest BCUT2D eigenvalue weighted by Gasteiger charge is -2.37. The number of benzene rings is 2. The molecule has 156 valence electrons. The van der Waals surface area contributed by atoms with Crippen LogP contribution in [0.25, 0.3) is 0 Å². The summed E-state index contributed by atoms with van der Waals surface area (Å²) in [7, 11) is -4.01. The number of carboxylic acid groups (broad SMARTS) is 1. The SMILES string of the molecule is Cc1ccc(S(=O)(=O)N2[C@@H](c3ccc(C#N)cc3)C(C(=O)O)=C[C@H]2C(C)(C)C)cc1. The van der Waals surface area contributed by atoms with Crippen LogP contribution in [0.5, 0.6) is 0 Å². The lowest BCUT2D eigenvalue weighted by Crippen LogP contribution is -2.45. The first kappa shape index (κ1) is 21.8. The molecule has 3 rings (SSSR count). The Morgan fingerprint density at radius 3 is 2.10 bits per heavy atom. The van der Waals surface area contributed by atoms with Crippen molar-refractivity contribution in [3.05, 3.63) is 76.9 Å². The van der Waals surface area contributed by atoms with Gasteiger partial charge < -0.3 is 5.11 Å². The molecule has 0 aromatic heterocycles. The molecule has 0 fully saturated rings. The average molecular weight is 425 g/mol. The molecule has 1 aliphatic rings. The Bertz CT molecular complexity index is 1140. The van der Waals surface area contributed by atoms with Gasteiger partial charge in [-0.3, -0.25) is 0 Å². The van der Waals surface area contributed by atoms with Crippen LogP contribution in [0.1, 0.15) is 43.5 Å². The van der Waals surface area contributed by atoms with E-state index in [1.807, 2.05) is 33.8 Å². The maximum atomic E-state index is 13.7. The molecule has 7 heteroatoms. The van der Waals surface area contributed by atoms with Crippen LogP contribution in [0.2, 0.25) is 0 Å². The van der Waals surface area contributed by atoms with E-state index >= 15 is 0 Å². The summed E-state index contributed by atoms with van der Waals surface area (Å²) in [5.74, 6) is -1.17. The van der Waals surface area contributed by atoms with Gasteiger partial charge in [0.05, 0.1) is 28.1 Å². The first-order valence-electron chi connectivity index (χ1n) is 9.52. The number of aliphatic carboxylic acids is 1. The summed E-state index contributed by atoms with van der Waals surface area (Å²) in [4.78, 5) is 12.2. The van der Waals surface area contributed by atoms with Crippen molar-refractivity contribution < 1.29 is 18.3 Å². The summed E-state index contributed by atoms with van der Waals surface area (Å²) < 4.78 is 28.7. The van der Waals surface area contributed by atoms with Gasteiger partial charge in [0.15, 0.2) is 0 Å². The molecule has 0 unspecified atom stereocenters. The van der Waals surface area contributed by atoms with Gasteiger partial charge in [-0.15, -0.1) is 0 Å². The van der Waals surface area contributed by atoms with Crippen LogP contribution in [0, 0.1) is 23.7 Å². The van der Waals surface area contributed by atoms with E-state index in [1.165, 1.54) is 10.4 Å². The van der Waals surface area contributed by atoms with Gasteiger partial charge in [-0.2, -0.15) is 9.57 Å². The molecule has 0 amide bonds. The maximum absolute atomic E-state index is 13.7. The van der Waals surface area contributed by atoms with Crippen LogP contribution in [-0.4, -0.2) is 29.8 Å². The van der Waals surface area contributed by atoms with Gasteiger partial charge in [0, 0.05) is 6.04 Å². The molecule has 0 radical (unpaired) electrons. The zero-order valence-corrected chi connectivity index (χ0v) is 18.1. The van der Waals surface area contributed by atoms with Crippen molar-refractivity contribution in [2.45, 2.75) is 44.7 Å². The highest BCUT2D eigenvalue weighted by Crippen LogP contribution is 2.46. The molecule has 1 N–H and O–H groups in total. The van der Waals surface area contributed by atoms with E-state index < -0.39 is 33.5 Å². The third-order valence-corrected chi connectivity index (χ3v) is 7.11. The van der Waals surface area contributed by atoms with Gasteiger partial charge in [0.2, 0.25) is 10.0 Å². The lowest BCUT2D eigenvalue weighted by molar-refractivity contribution is -0.133. The molecule has 1 heterocycles. The fourth-order valence-corrected chi connectivity index (χ4v) is 5.55. The summed E-state index contributed by atoms with van der Waals surface area (Å²) >= 11 is 0.